The molecular formula is C18H26N4O2S. The van der Waals surface area contributed by atoms with Crippen LogP contribution in [-0.4, -0.2) is 27.1 Å². The van der Waals surface area contributed by atoms with Crippen molar-refractivity contribution in [3.63, 3.8) is 0 Å². The molecule has 7 heteroatoms. The number of hydrogen-bond acceptors (Lipinski definition) is 4. The lowest BCUT2D eigenvalue weighted by Crippen LogP contribution is -2.55. The summed E-state index contributed by atoms with van der Waals surface area (Å²) in [7, 11) is 0. The first-order chi connectivity index (χ1) is 11.7. The van der Waals surface area contributed by atoms with Gasteiger partial charge in [-0.05, 0) is 53.0 Å². The average Bonchev–Trinajstić information content (AvgIpc) is 3.14. The Labute approximate surface area is 152 Å². The Morgan fingerprint density at radius 1 is 1.36 bits per heavy atom. The molecule has 2 heterocycles. The Balaban J connectivity index is 2.09. The fourth-order valence-corrected chi connectivity index (χ4v) is 3.52. The van der Waals surface area contributed by atoms with Crippen molar-refractivity contribution in [3.05, 3.63) is 39.3 Å². The molecule has 0 bridgehead atoms. The first-order valence-corrected chi connectivity index (χ1v) is 9.26. The minimum absolute atomic E-state index is 0.189. The van der Waals surface area contributed by atoms with Crippen molar-refractivity contribution in [1.82, 2.24) is 20.4 Å². The first kappa shape index (κ1) is 19.2. The van der Waals surface area contributed by atoms with Crippen molar-refractivity contribution in [2.45, 2.75) is 59.7 Å². The van der Waals surface area contributed by atoms with Gasteiger partial charge in [-0.2, -0.15) is 5.10 Å². The smallest absolute Gasteiger partial charge is 0.262 e. The average molecular weight is 362 g/mol. The zero-order valence-corrected chi connectivity index (χ0v) is 16.5. The van der Waals surface area contributed by atoms with Gasteiger partial charge in [-0.1, -0.05) is 6.07 Å². The van der Waals surface area contributed by atoms with Crippen LogP contribution in [0, 0.1) is 13.8 Å². The van der Waals surface area contributed by atoms with Crippen LogP contribution in [0.5, 0.6) is 0 Å². The Kier molecular flexibility index (Phi) is 5.67. The van der Waals surface area contributed by atoms with Crippen molar-refractivity contribution in [3.8, 4) is 0 Å². The molecule has 0 unspecified atom stereocenters. The topological polar surface area (TPSA) is 76.0 Å². The highest BCUT2D eigenvalue weighted by Crippen LogP contribution is 2.22. The predicted octanol–water partition coefficient (Wildman–Crippen LogP) is 2.97. The van der Waals surface area contributed by atoms with Crippen LogP contribution in [0.15, 0.2) is 17.5 Å². The van der Waals surface area contributed by atoms with Crippen LogP contribution >= 0.6 is 11.3 Å². The lowest BCUT2D eigenvalue weighted by atomic mass is 10.0. The number of aryl methyl sites for hydroxylation is 2. The Hall–Kier alpha value is -2.15. The van der Waals surface area contributed by atoms with Crippen molar-refractivity contribution >= 4 is 23.2 Å². The predicted molar refractivity (Wildman–Crippen MR) is 99.8 cm³/mol. The molecule has 0 fully saturated rings. The summed E-state index contributed by atoms with van der Waals surface area (Å²) < 4.78 is 1.93. The van der Waals surface area contributed by atoms with Crippen LogP contribution < -0.4 is 10.6 Å². The van der Waals surface area contributed by atoms with Gasteiger partial charge in [0.15, 0.2) is 0 Å². The number of rotatable bonds is 6. The molecule has 0 radical (unpaired) electrons. The van der Waals surface area contributed by atoms with Gasteiger partial charge in [0.05, 0.1) is 16.6 Å². The number of hydrogen-bond donors (Lipinski definition) is 2. The highest BCUT2D eigenvalue weighted by molar-refractivity contribution is 7.12. The number of thiophene rings is 1. The van der Waals surface area contributed by atoms with Gasteiger partial charge >= 0.3 is 0 Å². The van der Waals surface area contributed by atoms with Gasteiger partial charge in [0, 0.05) is 17.8 Å². The molecule has 25 heavy (non-hydrogen) atoms. The van der Waals surface area contributed by atoms with E-state index in [1.807, 2.05) is 43.8 Å². The highest BCUT2D eigenvalue weighted by atomic mass is 32.1. The zero-order chi connectivity index (χ0) is 18.8. The molecule has 136 valence electrons. The second kappa shape index (κ2) is 7.39. The fourth-order valence-electron chi connectivity index (χ4n) is 2.90. The minimum Gasteiger partial charge on any atom is -0.347 e. The molecule has 2 rings (SSSR count). The number of aromatic nitrogens is 2. The Morgan fingerprint density at radius 3 is 2.56 bits per heavy atom. The molecule has 0 saturated carbocycles. The van der Waals surface area contributed by atoms with E-state index in [4.69, 9.17) is 0 Å². The Morgan fingerprint density at radius 2 is 2.04 bits per heavy atom. The van der Waals surface area contributed by atoms with E-state index in [9.17, 15) is 9.59 Å². The zero-order valence-electron chi connectivity index (χ0n) is 15.6. The molecule has 6 nitrogen and oxygen atoms in total. The van der Waals surface area contributed by atoms with Gasteiger partial charge in [0.25, 0.3) is 5.91 Å². The molecular weight excluding hydrogens is 336 g/mol. The molecule has 0 saturated heterocycles. The Bertz CT molecular complexity index is 762. The van der Waals surface area contributed by atoms with E-state index in [-0.39, 0.29) is 17.9 Å². The van der Waals surface area contributed by atoms with Gasteiger partial charge in [-0.25, -0.2) is 0 Å². The summed E-state index contributed by atoms with van der Waals surface area (Å²) in [5, 5.41) is 12.1. The van der Waals surface area contributed by atoms with Crippen LogP contribution in [0.2, 0.25) is 0 Å². The summed E-state index contributed by atoms with van der Waals surface area (Å²) in [6.45, 7) is 12.1. The maximum absolute atomic E-state index is 12.7. The normalized spacial score (nSPS) is 12.7. The summed E-state index contributed by atoms with van der Waals surface area (Å²) in [5.74, 6) is -0.470. The summed E-state index contributed by atoms with van der Waals surface area (Å²) in [4.78, 5) is 25.5. The maximum Gasteiger partial charge on any atom is 0.262 e. The lowest BCUT2D eigenvalue weighted by molar-refractivity contribution is -0.126. The monoisotopic (exact) mass is 362 g/mol. The second-order valence-corrected chi connectivity index (χ2v) is 7.60. The number of nitrogens with zero attached hydrogens (tertiary/aromatic N) is 2. The van der Waals surface area contributed by atoms with Crippen LogP contribution in [0.4, 0.5) is 0 Å². The van der Waals surface area contributed by atoms with Crippen LogP contribution in [0.1, 0.15) is 60.4 Å². The molecule has 1 atom stereocenters. The number of amides is 2. The van der Waals surface area contributed by atoms with Crippen molar-refractivity contribution in [1.29, 1.82) is 0 Å². The molecule has 2 amide bonds. The lowest BCUT2D eigenvalue weighted by Gasteiger charge is -2.27. The van der Waals surface area contributed by atoms with Gasteiger partial charge < -0.3 is 10.6 Å². The molecule has 0 aliphatic carbocycles. The molecule has 2 aromatic heterocycles. The quantitative estimate of drug-likeness (QED) is 0.829. The molecule has 2 N–H and O–H groups in total. The van der Waals surface area contributed by atoms with E-state index in [0.717, 1.165) is 23.5 Å². The molecule has 0 aliphatic rings. The maximum atomic E-state index is 12.7. The first-order valence-electron chi connectivity index (χ1n) is 8.38. The van der Waals surface area contributed by atoms with E-state index in [1.54, 1.807) is 19.9 Å². The van der Waals surface area contributed by atoms with Crippen molar-refractivity contribution < 1.29 is 9.59 Å². The molecule has 0 aliphatic heterocycles. The minimum atomic E-state index is -1.02. The third kappa shape index (κ3) is 4.10. The summed E-state index contributed by atoms with van der Waals surface area (Å²) >= 11 is 1.35. The van der Waals surface area contributed by atoms with E-state index in [1.165, 1.54) is 11.3 Å². The number of carbonyl (C=O) groups is 2. The van der Waals surface area contributed by atoms with E-state index >= 15 is 0 Å². The third-order valence-electron chi connectivity index (χ3n) is 4.26. The standard InChI is InChI=1S/C18H26N4O2S/c1-7-22-13(4)15(12(3)21-22)11(2)19-17(24)18(5,6)20-16(23)14-9-8-10-25-14/h8-11H,7H2,1-6H3,(H,19,24)(H,20,23)/t11-/m1/s1. The fraction of sp³-hybridized carbons (Fsp3) is 0.500. The molecule has 0 aromatic carbocycles. The third-order valence-corrected chi connectivity index (χ3v) is 5.12. The van der Waals surface area contributed by atoms with Gasteiger partial charge in [-0.3, -0.25) is 14.3 Å². The summed E-state index contributed by atoms with van der Waals surface area (Å²) in [6, 6.07) is 3.36. The largest absolute Gasteiger partial charge is 0.347 e. The van der Waals surface area contributed by atoms with Crippen molar-refractivity contribution in [2.24, 2.45) is 0 Å². The van der Waals surface area contributed by atoms with E-state index in [2.05, 4.69) is 15.7 Å². The van der Waals surface area contributed by atoms with Crippen LogP contribution in [-0.2, 0) is 11.3 Å². The SMILES string of the molecule is CCn1nc(C)c([C@@H](C)NC(=O)C(C)(C)NC(=O)c2cccs2)c1C. The summed E-state index contributed by atoms with van der Waals surface area (Å²) in [6.07, 6.45) is 0. The summed E-state index contributed by atoms with van der Waals surface area (Å²) in [5.41, 5.74) is 1.97. The van der Waals surface area contributed by atoms with Gasteiger partial charge in [0.1, 0.15) is 5.54 Å². The second-order valence-electron chi connectivity index (χ2n) is 6.65. The van der Waals surface area contributed by atoms with Crippen molar-refractivity contribution in [2.75, 3.05) is 0 Å². The van der Waals surface area contributed by atoms with E-state index in [0.29, 0.717) is 4.88 Å². The molecule has 2 aromatic rings. The van der Waals surface area contributed by atoms with Crippen LogP contribution in [0.25, 0.3) is 0 Å². The van der Waals surface area contributed by atoms with Crippen LogP contribution in [0.3, 0.4) is 0 Å². The highest BCUT2D eigenvalue weighted by Gasteiger charge is 2.32. The van der Waals surface area contributed by atoms with E-state index < -0.39 is 5.54 Å². The number of nitrogens with one attached hydrogen (secondary N) is 2. The van der Waals surface area contributed by atoms with Gasteiger partial charge in [0.2, 0.25) is 5.91 Å². The number of carbonyl (C=O) groups excluding carboxylic acids is 2. The van der Waals surface area contributed by atoms with Gasteiger partial charge in [-0.15, -0.1) is 11.3 Å². The molecule has 0 spiro atoms.